The fourth-order valence-corrected chi connectivity index (χ4v) is 1.85. The van der Waals surface area contributed by atoms with Gasteiger partial charge in [0.15, 0.2) is 0 Å². The Morgan fingerprint density at radius 2 is 2.19 bits per heavy atom. The predicted octanol–water partition coefficient (Wildman–Crippen LogP) is 3.77. The number of anilines is 1. The second-order valence-electron chi connectivity index (χ2n) is 3.61. The second kappa shape index (κ2) is 4.26. The number of benzene rings is 1. The molecular weight excluding hydrogens is 227 g/mol. The molecule has 0 amide bonds. The van der Waals surface area contributed by atoms with E-state index in [1.54, 1.807) is 6.07 Å². The fourth-order valence-electron chi connectivity index (χ4n) is 1.64. The van der Waals surface area contributed by atoms with E-state index in [2.05, 4.69) is 10.3 Å². The number of hydrogen-bond donors (Lipinski definition) is 1. The largest absolute Gasteiger partial charge is 0.370 e. The quantitative estimate of drug-likeness (QED) is 0.862. The third kappa shape index (κ3) is 1.83. The van der Waals surface area contributed by atoms with Gasteiger partial charge in [0.1, 0.15) is 17.2 Å². The number of nitrogens with zero attached hydrogens (tertiary/aromatic N) is 1. The van der Waals surface area contributed by atoms with E-state index in [0.29, 0.717) is 21.7 Å². The van der Waals surface area contributed by atoms with Gasteiger partial charge in [-0.15, -0.1) is 0 Å². The minimum absolute atomic E-state index is 0.314. The van der Waals surface area contributed by atoms with Gasteiger partial charge >= 0.3 is 0 Å². The highest BCUT2D eigenvalue weighted by atomic mass is 35.5. The fraction of sp³-hybridized carbons (Fsp3) is 0.250. The lowest BCUT2D eigenvalue weighted by molar-refractivity contribution is 0.637. The van der Waals surface area contributed by atoms with Crippen molar-refractivity contribution in [2.24, 2.45) is 0 Å². The Hall–Kier alpha value is -1.35. The van der Waals surface area contributed by atoms with Crippen LogP contribution in [0.4, 0.5) is 10.2 Å². The van der Waals surface area contributed by atoms with Gasteiger partial charge in [0.25, 0.3) is 0 Å². The van der Waals surface area contributed by atoms with Crippen molar-refractivity contribution < 1.29 is 4.39 Å². The molecule has 4 heteroatoms. The summed E-state index contributed by atoms with van der Waals surface area (Å²) in [4.78, 5) is 4.25. The first-order valence-corrected chi connectivity index (χ1v) is 5.50. The highest BCUT2D eigenvalue weighted by Gasteiger charge is 2.09. The van der Waals surface area contributed by atoms with Crippen LogP contribution in [0.2, 0.25) is 5.02 Å². The molecule has 0 fully saturated rings. The zero-order valence-corrected chi connectivity index (χ0v) is 9.90. The van der Waals surface area contributed by atoms with Crippen LogP contribution in [-0.2, 0) is 0 Å². The molecule has 0 aliphatic rings. The van der Waals surface area contributed by atoms with Gasteiger partial charge < -0.3 is 5.32 Å². The third-order valence-corrected chi connectivity index (χ3v) is 2.75. The van der Waals surface area contributed by atoms with Crippen LogP contribution in [0.15, 0.2) is 18.2 Å². The molecule has 0 aliphatic heterocycles. The van der Waals surface area contributed by atoms with Gasteiger partial charge in [-0.3, -0.25) is 0 Å². The Morgan fingerprint density at radius 3 is 2.88 bits per heavy atom. The highest BCUT2D eigenvalue weighted by molar-refractivity contribution is 6.35. The number of halogens is 2. The molecule has 0 bridgehead atoms. The van der Waals surface area contributed by atoms with Crippen LogP contribution in [-0.4, -0.2) is 11.5 Å². The molecule has 0 saturated heterocycles. The van der Waals surface area contributed by atoms with Crippen LogP contribution < -0.4 is 5.32 Å². The first-order valence-electron chi connectivity index (χ1n) is 5.12. The number of aromatic nitrogens is 1. The van der Waals surface area contributed by atoms with Crippen molar-refractivity contribution in [2.75, 3.05) is 11.9 Å². The van der Waals surface area contributed by atoms with Crippen molar-refractivity contribution in [3.63, 3.8) is 0 Å². The summed E-state index contributed by atoms with van der Waals surface area (Å²) < 4.78 is 13.6. The first kappa shape index (κ1) is 11.1. The molecule has 1 aromatic heterocycles. The molecule has 1 N–H and O–H groups in total. The zero-order chi connectivity index (χ0) is 11.7. The molecule has 1 heterocycles. The maximum atomic E-state index is 13.6. The van der Waals surface area contributed by atoms with Gasteiger partial charge in [-0.25, -0.2) is 9.37 Å². The monoisotopic (exact) mass is 238 g/mol. The molecule has 16 heavy (non-hydrogen) atoms. The molecule has 0 spiro atoms. The Bertz CT molecular complexity index is 540. The summed E-state index contributed by atoms with van der Waals surface area (Å²) in [5.41, 5.74) is 1.27. The average Bonchev–Trinajstić information content (AvgIpc) is 2.26. The summed E-state index contributed by atoms with van der Waals surface area (Å²) in [5, 5.41) is 4.27. The Balaban J connectivity index is 2.73. The van der Waals surface area contributed by atoms with Crippen LogP contribution in [0.1, 0.15) is 12.5 Å². The van der Waals surface area contributed by atoms with Crippen molar-refractivity contribution in [2.45, 2.75) is 13.8 Å². The van der Waals surface area contributed by atoms with E-state index in [1.807, 2.05) is 19.9 Å². The molecule has 0 unspecified atom stereocenters. The maximum Gasteiger partial charge on any atom is 0.149 e. The number of nitrogens with one attached hydrogen (secondary N) is 1. The van der Waals surface area contributed by atoms with Gasteiger partial charge in [0.2, 0.25) is 0 Å². The van der Waals surface area contributed by atoms with Gasteiger partial charge in [-0.05, 0) is 37.6 Å². The average molecular weight is 239 g/mol. The summed E-state index contributed by atoms with van der Waals surface area (Å²) in [7, 11) is 0. The molecular formula is C12H12ClFN2. The summed E-state index contributed by atoms with van der Waals surface area (Å²) >= 11 is 6.00. The first-order chi connectivity index (χ1) is 7.63. The summed E-state index contributed by atoms with van der Waals surface area (Å²) in [6.45, 7) is 4.65. The van der Waals surface area contributed by atoms with Gasteiger partial charge in [-0.2, -0.15) is 0 Å². The Kier molecular flexibility index (Phi) is 2.97. The second-order valence-corrected chi connectivity index (χ2v) is 4.02. The summed E-state index contributed by atoms with van der Waals surface area (Å²) in [5.74, 6) is 0.356. The van der Waals surface area contributed by atoms with Gasteiger partial charge in [0, 0.05) is 11.9 Å². The van der Waals surface area contributed by atoms with Crippen molar-refractivity contribution in [3.05, 3.63) is 34.6 Å². The lowest BCUT2D eigenvalue weighted by Gasteiger charge is -2.09. The molecule has 84 valence electrons. The van der Waals surface area contributed by atoms with E-state index in [9.17, 15) is 4.39 Å². The maximum absolute atomic E-state index is 13.6. The number of aryl methyl sites for hydroxylation is 1. The number of fused-ring (bicyclic) bond motifs is 1. The number of hydrogen-bond acceptors (Lipinski definition) is 2. The number of pyridine rings is 1. The molecule has 1 aromatic carbocycles. The lowest BCUT2D eigenvalue weighted by atomic mass is 10.1. The molecule has 2 rings (SSSR count). The molecule has 0 radical (unpaired) electrons. The smallest absolute Gasteiger partial charge is 0.149 e. The standard InChI is InChI=1S/C12H12ClFN2/c1-3-15-12-7(2)6-8-9(13)4-5-10(14)11(8)16-12/h4-6H,3H2,1-2H3,(H,15,16). The van der Waals surface area contributed by atoms with Crippen molar-refractivity contribution in [1.29, 1.82) is 0 Å². The van der Waals surface area contributed by atoms with E-state index < -0.39 is 0 Å². The van der Waals surface area contributed by atoms with Crippen LogP contribution in [0.5, 0.6) is 0 Å². The molecule has 0 aliphatic carbocycles. The van der Waals surface area contributed by atoms with Crippen molar-refractivity contribution >= 4 is 28.3 Å². The van der Waals surface area contributed by atoms with Gasteiger partial charge in [0.05, 0.1) is 5.02 Å². The molecule has 0 saturated carbocycles. The highest BCUT2D eigenvalue weighted by Crippen LogP contribution is 2.27. The molecule has 2 nitrogen and oxygen atoms in total. The zero-order valence-electron chi connectivity index (χ0n) is 9.14. The topological polar surface area (TPSA) is 24.9 Å². The van der Waals surface area contributed by atoms with E-state index >= 15 is 0 Å². The van der Waals surface area contributed by atoms with Crippen LogP contribution in [0.25, 0.3) is 10.9 Å². The number of rotatable bonds is 2. The van der Waals surface area contributed by atoms with Crippen molar-refractivity contribution in [1.82, 2.24) is 4.98 Å². The minimum atomic E-state index is -0.349. The Labute approximate surface area is 98.4 Å². The van der Waals surface area contributed by atoms with E-state index in [1.165, 1.54) is 6.07 Å². The lowest BCUT2D eigenvalue weighted by Crippen LogP contribution is -2.02. The third-order valence-electron chi connectivity index (χ3n) is 2.42. The van der Waals surface area contributed by atoms with E-state index in [-0.39, 0.29) is 5.82 Å². The molecule has 2 aromatic rings. The predicted molar refractivity (Wildman–Crippen MR) is 65.6 cm³/mol. The summed E-state index contributed by atoms with van der Waals surface area (Å²) in [6.07, 6.45) is 0. The Morgan fingerprint density at radius 1 is 1.44 bits per heavy atom. The van der Waals surface area contributed by atoms with Crippen LogP contribution in [0.3, 0.4) is 0 Å². The van der Waals surface area contributed by atoms with Crippen LogP contribution in [0, 0.1) is 12.7 Å². The van der Waals surface area contributed by atoms with E-state index in [0.717, 1.165) is 12.1 Å². The molecule has 0 atom stereocenters. The minimum Gasteiger partial charge on any atom is -0.370 e. The summed E-state index contributed by atoms with van der Waals surface area (Å²) in [6, 6.07) is 4.74. The normalized spacial score (nSPS) is 10.8. The van der Waals surface area contributed by atoms with Gasteiger partial charge in [-0.1, -0.05) is 11.6 Å². The van der Waals surface area contributed by atoms with Crippen LogP contribution >= 0.6 is 11.6 Å². The van der Waals surface area contributed by atoms with Crippen molar-refractivity contribution in [3.8, 4) is 0 Å². The SMILES string of the molecule is CCNc1nc2c(F)ccc(Cl)c2cc1C. The van der Waals surface area contributed by atoms with E-state index in [4.69, 9.17) is 11.6 Å².